The number of nitrogens with one attached hydrogen (secondary N) is 1. The molecule has 0 aliphatic carbocycles. The Morgan fingerprint density at radius 3 is 2.42 bits per heavy atom. The third-order valence-corrected chi connectivity index (χ3v) is 6.41. The molecule has 1 aliphatic heterocycles. The number of carbonyl (C=O) groups excluding carboxylic acids is 1. The van der Waals surface area contributed by atoms with Gasteiger partial charge in [-0.25, -0.2) is 8.42 Å². The average Bonchev–Trinajstić information content (AvgIpc) is 3.21. The summed E-state index contributed by atoms with van der Waals surface area (Å²) in [7, 11) is -3.50. The van der Waals surface area contributed by atoms with E-state index in [1.54, 1.807) is 41.5 Å². The number of sulfonamides is 1. The van der Waals surface area contributed by atoms with Crippen LogP contribution in [-0.4, -0.2) is 56.3 Å². The summed E-state index contributed by atoms with van der Waals surface area (Å²) >= 11 is 0. The molecule has 0 radical (unpaired) electrons. The van der Waals surface area contributed by atoms with E-state index in [1.165, 1.54) is 4.31 Å². The fourth-order valence-corrected chi connectivity index (χ4v) is 4.35. The van der Waals surface area contributed by atoms with Crippen molar-refractivity contribution < 1.29 is 17.6 Å². The number of piperazine rings is 1. The van der Waals surface area contributed by atoms with Gasteiger partial charge in [-0.1, -0.05) is 18.2 Å². The molecule has 1 aliphatic rings. The van der Waals surface area contributed by atoms with Gasteiger partial charge in [0.2, 0.25) is 15.9 Å². The van der Waals surface area contributed by atoms with E-state index < -0.39 is 10.0 Å². The quantitative estimate of drug-likeness (QED) is 0.824. The van der Waals surface area contributed by atoms with Crippen molar-refractivity contribution in [2.45, 2.75) is 17.9 Å². The van der Waals surface area contributed by atoms with Crippen LogP contribution in [0.1, 0.15) is 18.7 Å². The molecule has 1 amide bonds. The Balaban J connectivity index is 1.51. The summed E-state index contributed by atoms with van der Waals surface area (Å²) in [4.78, 5) is 14.3. The molecule has 8 heteroatoms. The first kappa shape index (κ1) is 18.6. The van der Waals surface area contributed by atoms with Gasteiger partial charge in [0.15, 0.2) is 0 Å². The van der Waals surface area contributed by atoms with Crippen molar-refractivity contribution in [3.63, 3.8) is 0 Å². The van der Waals surface area contributed by atoms with Crippen molar-refractivity contribution >= 4 is 15.9 Å². The normalized spacial score (nSPS) is 17.2. The summed E-state index contributed by atoms with van der Waals surface area (Å²) in [5.74, 6) is 0.733. The van der Waals surface area contributed by atoms with Crippen molar-refractivity contribution in [3.05, 3.63) is 54.5 Å². The minimum Gasteiger partial charge on any atom is -0.468 e. The molecule has 0 unspecified atom stereocenters. The second-order valence-electron chi connectivity index (χ2n) is 6.22. The van der Waals surface area contributed by atoms with Crippen molar-refractivity contribution in [1.29, 1.82) is 0 Å². The molecule has 1 aromatic heterocycles. The van der Waals surface area contributed by atoms with Crippen LogP contribution in [0.25, 0.3) is 0 Å². The molecule has 1 saturated heterocycles. The van der Waals surface area contributed by atoms with E-state index in [0.29, 0.717) is 26.2 Å². The first-order chi connectivity index (χ1) is 12.5. The lowest BCUT2D eigenvalue weighted by atomic mass is 10.2. The van der Waals surface area contributed by atoms with E-state index in [9.17, 15) is 13.2 Å². The van der Waals surface area contributed by atoms with Crippen molar-refractivity contribution in [1.82, 2.24) is 14.5 Å². The molecule has 26 heavy (non-hydrogen) atoms. The molecule has 0 saturated carbocycles. The number of carbonyl (C=O) groups is 1. The fourth-order valence-electron chi connectivity index (χ4n) is 2.91. The predicted molar refractivity (Wildman–Crippen MR) is 96.9 cm³/mol. The number of hydrogen-bond donors (Lipinski definition) is 1. The van der Waals surface area contributed by atoms with Gasteiger partial charge in [-0.3, -0.25) is 10.1 Å². The minimum atomic E-state index is -3.50. The Hall–Kier alpha value is -2.16. The van der Waals surface area contributed by atoms with Crippen LogP contribution in [0.5, 0.6) is 0 Å². The Morgan fingerprint density at radius 1 is 1.12 bits per heavy atom. The third kappa shape index (κ3) is 4.14. The van der Waals surface area contributed by atoms with Gasteiger partial charge in [0, 0.05) is 26.2 Å². The third-order valence-electron chi connectivity index (χ3n) is 4.50. The Morgan fingerprint density at radius 2 is 1.81 bits per heavy atom. The highest BCUT2D eigenvalue weighted by Crippen LogP contribution is 2.17. The van der Waals surface area contributed by atoms with Crippen LogP contribution in [0.2, 0.25) is 0 Å². The van der Waals surface area contributed by atoms with E-state index in [2.05, 4.69) is 5.32 Å². The summed E-state index contributed by atoms with van der Waals surface area (Å²) in [6, 6.07) is 12.0. The van der Waals surface area contributed by atoms with Gasteiger partial charge >= 0.3 is 0 Å². The Bertz CT molecular complexity index is 813. The zero-order valence-corrected chi connectivity index (χ0v) is 15.5. The molecule has 1 atom stereocenters. The summed E-state index contributed by atoms with van der Waals surface area (Å²) in [5, 5.41) is 3.13. The summed E-state index contributed by atoms with van der Waals surface area (Å²) in [5.41, 5.74) is 0. The lowest BCUT2D eigenvalue weighted by Gasteiger charge is -2.34. The molecular formula is C18H23N3O4S. The van der Waals surface area contributed by atoms with Gasteiger partial charge in [0.05, 0.1) is 23.7 Å². The monoisotopic (exact) mass is 377 g/mol. The molecule has 2 aromatic rings. The summed E-state index contributed by atoms with van der Waals surface area (Å²) in [6.07, 6.45) is 1.60. The van der Waals surface area contributed by atoms with Gasteiger partial charge < -0.3 is 9.32 Å². The minimum absolute atomic E-state index is 0.0415. The van der Waals surface area contributed by atoms with E-state index in [1.807, 2.05) is 19.1 Å². The van der Waals surface area contributed by atoms with Crippen molar-refractivity contribution in [3.8, 4) is 0 Å². The van der Waals surface area contributed by atoms with E-state index in [4.69, 9.17) is 4.42 Å². The van der Waals surface area contributed by atoms with Crippen LogP contribution in [-0.2, 0) is 14.8 Å². The number of nitrogens with zero attached hydrogens (tertiary/aromatic N) is 2. The highest BCUT2D eigenvalue weighted by Gasteiger charge is 2.29. The average molecular weight is 377 g/mol. The summed E-state index contributed by atoms with van der Waals surface area (Å²) < 4.78 is 32.0. The lowest BCUT2D eigenvalue weighted by molar-refractivity contribution is -0.131. The standard InChI is InChI=1S/C18H23N3O4S/c1-15(17-8-5-13-25-17)19-14-18(22)20-9-11-21(12-10-20)26(23,24)16-6-3-2-4-7-16/h2-8,13,15,19H,9-12,14H2,1H3/t15-/m0/s1. The van der Waals surface area contributed by atoms with Crippen LogP contribution >= 0.6 is 0 Å². The number of benzene rings is 1. The maximum atomic E-state index is 12.6. The summed E-state index contributed by atoms with van der Waals surface area (Å²) in [6.45, 7) is 3.50. The maximum Gasteiger partial charge on any atom is 0.243 e. The molecule has 0 spiro atoms. The first-order valence-corrected chi connectivity index (χ1v) is 10.0. The van der Waals surface area contributed by atoms with Crippen LogP contribution in [0.3, 0.4) is 0 Å². The molecule has 1 fully saturated rings. The van der Waals surface area contributed by atoms with E-state index >= 15 is 0 Å². The number of rotatable bonds is 6. The molecule has 140 valence electrons. The van der Waals surface area contributed by atoms with Gasteiger partial charge in [0.1, 0.15) is 5.76 Å². The maximum absolute atomic E-state index is 12.6. The smallest absolute Gasteiger partial charge is 0.243 e. The Kier molecular flexibility index (Phi) is 5.75. The molecule has 0 bridgehead atoms. The second-order valence-corrected chi connectivity index (χ2v) is 8.15. The van der Waals surface area contributed by atoms with Crippen LogP contribution in [0.15, 0.2) is 58.0 Å². The van der Waals surface area contributed by atoms with Gasteiger partial charge in [-0.05, 0) is 31.2 Å². The zero-order chi connectivity index (χ0) is 18.6. The van der Waals surface area contributed by atoms with Gasteiger partial charge in [-0.2, -0.15) is 4.31 Å². The number of hydrogen-bond acceptors (Lipinski definition) is 5. The highest BCUT2D eigenvalue weighted by atomic mass is 32.2. The zero-order valence-electron chi connectivity index (χ0n) is 14.7. The highest BCUT2D eigenvalue weighted by molar-refractivity contribution is 7.89. The van der Waals surface area contributed by atoms with Crippen molar-refractivity contribution in [2.75, 3.05) is 32.7 Å². The van der Waals surface area contributed by atoms with Gasteiger partial charge in [-0.15, -0.1) is 0 Å². The largest absolute Gasteiger partial charge is 0.468 e. The van der Waals surface area contributed by atoms with Crippen LogP contribution in [0, 0.1) is 0 Å². The van der Waals surface area contributed by atoms with Crippen molar-refractivity contribution in [2.24, 2.45) is 0 Å². The van der Waals surface area contributed by atoms with Gasteiger partial charge in [0.25, 0.3) is 0 Å². The van der Waals surface area contributed by atoms with E-state index in [0.717, 1.165) is 5.76 Å². The topological polar surface area (TPSA) is 82.9 Å². The van der Waals surface area contributed by atoms with Crippen LogP contribution in [0.4, 0.5) is 0 Å². The Labute approximate surface area is 153 Å². The molecule has 7 nitrogen and oxygen atoms in total. The van der Waals surface area contributed by atoms with Crippen LogP contribution < -0.4 is 5.32 Å². The molecule has 1 N–H and O–H groups in total. The lowest BCUT2D eigenvalue weighted by Crippen LogP contribution is -2.52. The SMILES string of the molecule is C[C@H](NCC(=O)N1CCN(S(=O)(=O)c2ccccc2)CC1)c1ccco1. The first-order valence-electron chi connectivity index (χ1n) is 8.58. The molecule has 1 aromatic carbocycles. The molecule has 3 rings (SSSR count). The molecular weight excluding hydrogens is 354 g/mol. The van der Waals surface area contributed by atoms with E-state index in [-0.39, 0.29) is 23.4 Å². The second kappa shape index (κ2) is 8.03. The number of furan rings is 1. The molecule has 2 heterocycles. The number of amides is 1. The predicted octanol–water partition coefficient (Wildman–Crippen LogP) is 1.46. The fraction of sp³-hybridized carbons (Fsp3) is 0.389.